The Hall–Kier alpha value is -3.94. The van der Waals surface area contributed by atoms with Crippen LogP contribution in [0, 0.1) is 6.92 Å². The van der Waals surface area contributed by atoms with Gasteiger partial charge in [-0.3, -0.25) is 0 Å². The van der Waals surface area contributed by atoms with E-state index in [1.807, 2.05) is 62.4 Å². The summed E-state index contributed by atoms with van der Waals surface area (Å²) in [6.07, 6.45) is 3.00. The summed E-state index contributed by atoms with van der Waals surface area (Å²) in [7, 11) is 0. The maximum Gasteiger partial charge on any atom is 0.331 e. The van der Waals surface area contributed by atoms with Crippen molar-refractivity contribution in [3.05, 3.63) is 71.6 Å². The van der Waals surface area contributed by atoms with E-state index < -0.39 is 5.97 Å². The van der Waals surface area contributed by atoms with Gasteiger partial charge in [0.1, 0.15) is 5.75 Å². The van der Waals surface area contributed by atoms with Crippen LogP contribution in [0.5, 0.6) is 5.75 Å². The zero-order chi connectivity index (χ0) is 21.3. The highest BCUT2D eigenvalue weighted by Crippen LogP contribution is 2.18. The number of nitrogen functional groups attached to an aromatic ring is 1. The molecule has 30 heavy (non-hydrogen) atoms. The first-order valence-electron chi connectivity index (χ1n) is 9.44. The molecule has 0 atom stereocenters. The van der Waals surface area contributed by atoms with Crippen LogP contribution in [-0.4, -0.2) is 27.5 Å². The first-order valence-corrected chi connectivity index (χ1v) is 9.44. The minimum Gasteiger partial charge on any atom is -0.494 e. The molecule has 8 nitrogen and oxygen atoms in total. The molecule has 1 aromatic heterocycles. The number of hydrogen-bond donors (Lipinski definition) is 2. The lowest BCUT2D eigenvalue weighted by Gasteiger charge is -2.09. The lowest BCUT2D eigenvalue weighted by Crippen LogP contribution is -2.10. The summed E-state index contributed by atoms with van der Waals surface area (Å²) in [5, 5.41) is 3.09. The third-order valence-corrected chi connectivity index (χ3v) is 4.04. The van der Waals surface area contributed by atoms with Crippen molar-refractivity contribution in [1.29, 1.82) is 0 Å². The molecule has 0 radical (unpaired) electrons. The largest absolute Gasteiger partial charge is 0.494 e. The third-order valence-electron chi connectivity index (χ3n) is 4.04. The second kappa shape index (κ2) is 10.0. The summed E-state index contributed by atoms with van der Waals surface area (Å²) >= 11 is 0. The van der Waals surface area contributed by atoms with Gasteiger partial charge in [-0.25, -0.2) is 4.79 Å². The molecule has 0 amide bonds. The normalized spacial score (nSPS) is 10.7. The lowest BCUT2D eigenvalue weighted by molar-refractivity contribution is -0.139. The minimum atomic E-state index is -0.517. The van der Waals surface area contributed by atoms with E-state index in [1.54, 1.807) is 6.08 Å². The van der Waals surface area contributed by atoms with Crippen LogP contribution in [0.2, 0.25) is 0 Å². The quantitative estimate of drug-likeness (QED) is 0.431. The topological polar surface area (TPSA) is 112 Å². The van der Waals surface area contributed by atoms with E-state index in [9.17, 15) is 4.79 Å². The smallest absolute Gasteiger partial charge is 0.331 e. The maximum absolute atomic E-state index is 12.0. The van der Waals surface area contributed by atoms with Gasteiger partial charge in [0.15, 0.2) is 12.4 Å². The van der Waals surface area contributed by atoms with Gasteiger partial charge in [0.2, 0.25) is 11.9 Å². The highest BCUT2D eigenvalue weighted by molar-refractivity contribution is 5.87. The molecule has 2 aromatic carbocycles. The molecule has 3 rings (SSSR count). The molecule has 3 aromatic rings. The van der Waals surface area contributed by atoms with Crippen molar-refractivity contribution in [2.75, 3.05) is 17.7 Å². The standard InChI is InChI=1S/C22H23N5O3/c1-3-29-17-11-8-16(9-12-17)10-13-20(28)30-14-19-25-21(23)27-22(26-19)24-18-7-5-4-6-15(18)2/h4-13H,3,14H2,1-2H3,(H3,23,24,25,26,27)/b13-10+. The Bertz CT molecular complexity index is 1040. The van der Waals surface area contributed by atoms with Gasteiger partial charge in [0.05, 0.1) is 6.61 Å². The lowest BCUT2D eigenvalue weighted by atomic mass is 10.2. The molecular weight excluding hydrogens is 382 g/mol. The minimum absolute atomic E-state index is 0.0389. The third kappa shape index (κ3) is 6.03. The molecule has 0 saturated carbocycles. The number of carbonyl (C=O) groups is 1. The number of anilines is 3. The first-order chi connectivity index (χ1) is 14.5. The van der Waals surface area contributed by atoms with Crippen LogP contribution in [0.3, 0.4) is 0 Å². The van der Waals surface area contributed by atoms with Crippen LogP contribution in [-0.2, 0) is 16.1 Å². The zero-order valence-electron chi connectivity index (χ0n) is 16.8. The van der Waals surface area contributed by atoms with Crippen molar-refractivity contribution in [2.24, 2.45) is 0 Å². The molecule has 0 unspecified atom stereocenters. The SMILES string of the molecule is CCOc1ccc(/C=C/C(=O)OCc2nc(N)nc(Nc3ccccc3C)n2)cc1. The summed E-state index contributed by atoms with van der Waals surface area (Å²) in [4.78, 5) is 24.4. The Morgan fingerprint density at radius 1 is 1.10 bits per heavy atom. The number of aryl methyl sites for hydroxylation is 1. The average molecular weight is 405 g/mol. The number of rotatable bonds is 8. The van der Waals surface area contributed by atoms with Crippen LogP contribution in [0.15, 0.2) is 54.6 Å². The number of nitrogens with zero attached hydrogens (tertiary/aromatic N) is 3. The van der Waals surface area contributed by atoms with Gasteiger partial charge in [-0.2, -0.15) is 15.0 Å². The van der Waals surface area contributed by atoms with Crippen molar-refractivity contribution >= 4 is 29.6 Å². The van der Waals surface area contributed by atoms with E-state index in [0.29, 0.717) is 6.61 Å². The van der Waals surface area contributed by atoms with Crippen molar-refractivity contribution in [3.8, 4) is 5.75 Å². The molecular formula is C22H23N5O3. The Labute approximate surface area is 174 Å². The van der Waals surface area contributed by atoms with Crippen LogP contribution in [0.25, 0.3) is 6.08 Å². The Morgan fingerprint density at radius 3 is 2.60 bits per heavy atom. The number of hydrogen-bond acceptors (Lipinski definition) is 8. The Balaban J connectivity index is 1.59. The van der Waals surface area contributed by atoms with Gasteiger partial charge in [0.25, 0.3) is 0 Å². The number of benzene rings is 2. The Kier molecular flexibility index (Phi) is 6.94. The molecule has 3 N–H and O–H groups in total. The highest BCUT2D eigenvalue weighted by atomic mass is 16.5. The molecule has 1 heterocycles. The van der Waals surface area contributed by atoms with Crippen molar-refractivity contribution in [3.63, 3.8) is 0 Å². The number of para-hydroxylation sites is 1. The van der Waals surface area contributed by atoms with E-state index in [-0.39, 0.29) is 24.3 Å². The average Bonchev–Trinajstić information content (AvgIpc) is 2.73. The van der Waals surface area contributed by atoms with E-state index in [1.165, 1.54) is 6.08 Å². The fraction of sp³-hybridized carbons (Fsp3) is 0.182. The van der Waals surface area contributed by atoms with Crippen LogP contribution in [0.1, 0.15) is 23.9 Å². The second-order valence-electron chi connectivity index (χ2n) is 6.32. The van der Waals surface area contributed by atoms with Crippen LogP contribution in [0.4, 0.5) is 17.6 Å². The van der Waals surface area contributed by atoms with Gasteiger partial charge in [0, 0.05) is 11.8 Å². The predicted molar refractivity (Wildman–Crippen MR) is 115 cm³/mol. The van der Waals surface area contributed by atoms with Crippen LogP contribution >= 0.6 is 0 Å². The molecule has 0 aliphatic carbocycles. The van der Waals surface area contributed by atoms with Crippen molar-refractivity contribution in [1.82, 2.24) is 15.0 Å². The molecule has 0 spiro atoms. The summed E-state index contributed by atoms with van der Waals surface area (Å²) in [5.41, 5.74) is 8.49. The fourth-order valence-corrected chi connectivity index (χ4v) is 2.58. The molecule has 154 valence electrons. The molecule has 0 bridgehead atoms. The number of nitrogens with two attached hydrogens (primary N) is 1. The van der Waals surface area contributed by atoms with E-state index in [0.717, 1.165) is 22.6 Å². The van der Waals surface area contributed by atoms with Gasteiger partial charge >= 0.3 is 5.97 Å². The van der Waals surface area contributed by atoms with Crippen molar-refractivity contribution < 1.29 is 14.3 Å². The predicted octanol–water partition coefficient (Wildman–Crippen LogP) is 3.66. The van der Waals surface area contributed by atoms with E-state index in [4.69, 9.17) is 15.2 Å². The van der Waals surface area contributed by atoms with Gasteiger partial charge in [-0.15, -0.1) is 0 Å². The van der Waals surface area contributed by atoms with Gasteiger partial charge < -0.3 is 20.5 Å². The van der Waals surface area contributed by atoms with E-state index >= 15 is 0 Å². The number of aromatic nitrogens is 3. The number of ether oxygens (including phenoxy) is 2. The summed E-state index contributed by atoms with van der Waals surface area (Å²) < 4.78 is 10.6. The number of nitrogens with one attached hydrogen (secondary N) is 1. The molecule has 8 heteroatoms. The molecule has 0 aliphatic heterocycles. The molecule has 0 saturated heterocycles. The monoisotopic (exact) mass is 405 g/mol. The maximum atomic E-state index is 12.0. The summed E-state index contributed by atoms with van der Waals surface area (Å²) in [5.74, 6) is 0.835. The van der Waals surface area contributed by atoms with Crippen molar-refractivity contribution in [2.45, 2.75) is 20.5 Å². The summed E-state index contributed by atoms with van der Waals surface area (Å²) in [6.45, 7) is 4.37. The van der Waals surface area contributed by atoms with E-state index in [2.05, 4.69) is 20.3 Å². The highest BCUT2D eigenvalue weighted by Gasteiger charge is 2.08. The van der Waals surface area contributed by atoms with Crippen LogP contribution < -0.4 is 15.8 Å². The second-order valence-corrected chi connectivity index (χ2v) is 6.32. The number of carbonyl (C=O) groups excluding carboxylic acids is 1. The zero-order valence-corrected chi connectivity index (χ0v) is 16.8. The molecule has 0 aliphatic rings. The van der Waals surface area contributed by atoms with Gasteiger partial charge in [-0.05, 0) is 49.2 Å². The Morgan fingerprint density at radius 2 is 1.87 bits per heavy atom. The first kappa shape index (κ1) is 20.8. The molecule has 0 fully saturated rings. The number of esters is 1. The summed E-state index contributed by atoms with van der Waals surface area (Å²) in [6, 6.07) is 15.1. The fourth-order valence-electron chi connectivity index (χ4n) is 2.58. The van der Waals surface area contributed by atoms with Gasteiger partial charge in [-0.1, -0.05) is 30.3 Å².